The molecule has 0 unspecified atom stereocenters. The van der Waals surface area contributed by atoms with E-state index in [-0.39, 0.29) is 0 Å². The minimum absolute atomic E-state index is 0.398. The largest absolute Gasteiger partial charge is 0.242 e. The number of nitriles is 2. The van der Waals surface area contributed by atoms with Crippen molar-refractivity contribution in [2.75, 3.05) is 0 Å². The van der Waals surface area contributed by atoms with Crippen LogP contribution in [0.15, 0.2) is 40.5 Å². The molecule has 0 bridgehead atoms. The fourth-order valence-corrected chi connectivity index (χ4v) is 5.03. The van der Waals surface area contributed by atoms with Gasteiger partial charge in [0, 0.05) is 4.24 Å². The van der Waals surface area contributed by atoms with E-state index in [1.807, 2.05) is 18.2 Å². The summed E-state index contributed by atoms with van der Waals surface area (Å²) in [6.45, 7) is 14.0. The first-order chi connectivity index (χ1) is 9.71. The zero-order valence-corrected chi connectivity index (χ0v) is 12.8. The maximum absolute atomic E-state index is 8.88. The van der Waals surface area contributed by atoms with E-state index in [2.05, 4.69) is 9.69 Å². The molecule has 0 radical (unpaired) electrons. The Morgan fingerprint density at radius 1 is 0.800 bits per heavy atom. The van der Waals surface area contributed by atoms with Gasteiger partial charge in [0.05, 0.1) is 17.4 Å². The lowest BCUT2D eigenvalue weighted by molar-refractivity contribution is 1.50. The van der Waals surface area contributed by atoms with Gasteiger partial charge in [-0.2, -0.15) is 10.5 Å². The maximum atomic E-state index is 8.88. The second-order valence-electron chi connectivity index (χ2n) is 3.10. The van der Waals surface area contributed by atoms with E-state index in [0.29, 0.717) is 19.9 Å². The van der Waals surface area contributed by atoms with Crippen molar-refractivity contribution in [3.63, 3.8) is 0 Å². The first kappa shape index (κ1) is 14.7. The van der Waals surface area contributed by atoms with Crippen LogP contribution in [0.25, 0.3) is 9.69 Å². The Hall–Kier alpha value is -1.68. The van der Waals surface area contributed by atoms with Gasteiger partial charge in [-0.1, -0.05) is 23.5 Å². The van der Waals surface area contributed by atoms with Crippen LogP contribution in [0.4, 0.5) is 0 Å². The van der Waals surface area contributed by atoms with Crippen molar-refractivity contribution < 1.29 is 0 Å². The van der Waals surface area contributed by atoms with E-state index < -0.39 is 0 Å². The molecule has 2 heterocycles. The van der Waals surface area contributed by atoms with Gasteiger partial charge in [-0.15, -0.1) is 23.5 Å². The highest BCUT2D eigenvalue weighted by Crippen LogP contribution is 2.52. The third kappa shape index (κ3) is 3.07. The van der Waals surface area contributed by atoms with Crippen LogP contribution in [-0.2, 0) is 0 Å². The molecule has 0 aromatic rings. The van der Waals surface area contributed by atoms with Crippen LogP contribution < -0.4 is 0 Å². The minimum atomic E-state index is 0.398. The molecule has 0 saturated carbocycles. The van der Waals surface area contributed by atoms with Crippen molar-refractivity contribution >= 4 is 47.0 Å². The van der Waals surface area contributed by atoms with Gasteiger partial charge in [0.25, 0.3) is 0 Å². The predicted octanol–water partition coefficient (Wildman–Crippen LogP) is 4.85. The summed E-state index contributed by atoms with van der Waals surface area (Å²) >= 11 is 5.06. The Morgan fingerprint density at radius 3 is 1.55 bits per heavy atom. The van der Waals surface area contributed by atoms with Gasteiger partial charge in [-0.05, 0) is 12.2 Å². The van der Waals surface area contributed by atoms with Gasteiger partial charge in [0.1, 0.15) is 21.9 Å². The van der Waals surface area contributed by atoms with Crippen molar-refractivity contribution in [1.29, 1.82) is 10.5 Å². The molecule has 2 aliphatic rings. The highest BCUT2D eigenvalue weighted by Gasteiger charge is 2.22. The second kappa shape index (κ2) is 6.66. The molecule has 0 N–H and O–H groups in total. The third-order valence-electron chi connectivity index (χ3n) is 1.95. The molecular weight excluding hydrogens is 328 g/mol. The summed E-state index contributed by atoms with van der Waals surface area (Å²) in [5.41, 5.74) is 0. The van der Waals surface area contributed by atoms with Crippen molar-refractivity contribution in [2.45, 2.75) is 0 Å². The van der Waals surface area contributed by atoms with E-state index in [4.69, 9.17) is 23.7 Å². The number of thioether (sulfide) groups is 4. The van der Waals surface area contributed by atoms with Crippen LogP contribution in [-0.4, -0.2) is 0 Å². The fourth-order valence-electron chi connectivity index (χ4n) is 1.17. The van der Waals surface area contributed by atoms with Crippen molar-refractivity contribution in [3.8, 4) is 12.1 Å². The molecule has 0 aliphatic carbocycles. The molecule has 2 aliphatic heterocycles. The van der Waals surface area contributed by atoms with E-state index in [9.17, 15) is 0 Å². The highest BCUT2D eigenvalue weighted by atomic mass is 32.2. The molecule has 0 atom stereocenters. The molecule has 0 amide bonds. The Bertz CT molecular complexity index is 637. The van der Waals surface area contributed by atoms with E-state index in [0.717, 1.165) is 8.47 Å². The van der Waals surface area contributed by atoms with Gasteiger partial charge < -0.3 is 0 Å². The van der Waals surface area contributed by atoms with Crippen LogP contribution >= 0.6 is 47.0 Å². The number of rotatable bonds is 1. The zero-order valence-electron chi connectivity index (χ0n) is 9.58. The molecule has 0 fully saturated rings. The molecule has 4 nitrogen and oxygen atoms in total. The summed E-state index contributed by atoms with van der Waals surface area (Å²) in [5.74, 6) is 0. The zero-order chi connectivity index (χ0) is 14.5. The van der Waals surface area contributed by atoms with Gasteiger partial charge in [0.2, 0.25) is 10.1 Å². The minimum Gasteiger partial charge on any atom is -0.242 e. The van der Waals surface area contributed by atoms with Crippen molar-refractivity contribution in [2.24, 2.45) is 0 Å². The first-order valence-electron chi connectivity index (χ1n) is 4.89. The van der Waals surface area contributed by atoms with Gasteiger partial charge in [0.15, 0.2) is 0 Å². The Labute approximate surface area is 132 Å². The van der Waals surface area contributed by atoms with E-state index in [1.54, 1.807) is 6.08 Å². The smallest absolute Gasteiger partial charge is 0.240 e. The Morgan fingerprint density at radius 2 is 1.20 bits per heavy atom. The molecule has 8 heteroatoms. The number of hydrogen-bond donors (Lipinski definition) is 0. The molecule has 20 heavy (non-hydrogen) atoms. The van der Waals surface area contributed by atoms with Crippen LogP contribution in [0.2, 0.25) is 0 Å². The SMILES string of the molecule is [C-]#[N+]C1=C([N+]#[C-])SC(=CC=C2SC(C#N)=C(C#N)S2)S1. The van der Waals surface area contributed by atoms with Crippen LogP contribution in [0, 0.1) is 35.8 Å². The first-order valence-corrected chi connectivity index (χ1v) is 8.15. The molecule has 0 spiro atoms. The molecule has 0 saturated heterocycles. The quantitative estimate of drug-likeness (QED) is 0.640. The van der Waals surface area contributed by atoms with Gasteiger partial charge in [-0.3, -0.25) is 0 Å². The number of hydrogen-bond acceptors (Lipinski definition) is 6. The highest BCUT2D eigenvalue weighted by molar-refractivity contribution is 8.29. The lowest BCUT2D eigenvalue weighted by Crippen LogP contribution is -1.66. The standard InChI is InChI=1S/C12H2N4S4/c1-15-11-12(16-2)20-10(19-11)4-3-9-17-7(5-13)8(6-14)18-9/h3-4H. The average molecular weight is 330 g/mol. The molecular formula is C12H2N4S4. The van der Waals surface area contributed by atoms with Gasteiger partial charge >= 0.3 is 0 Å². The summed E-state index contributed by atoms with van der Waals surface area (Å²) in [6, 6.07) is 3.99. The summed E-state index contributed by atoms with van der Waals surface area (Å²) in [5, 5.41) is 18.6. The monoisotopic (exact) mass is 330 g/mol. The summed E-state index contributed by atoms with van der Waals surface area (Å²) in [4.78, 5) is 7.45. The van der Waals surface area contributed by atoms with E-state index >= 15 is 0 Å². The summed E-state index contributed by atoms with van der Waals surface area (Å²) < 4.78 is 1.69. The lowest BCUT2D eigenvalue weighted by atomic mass is 10.5. The molecule has 2 rings (SSSR count). The molecule has 0 aromatic carbocycles. The van der Waals surface area contributed by atoms with Gasteiger partial charge in [-0.25, -0.2) is 9.69 Å². The van der Waals surface area contributed by atoms with Crippen LogP contribution in [0.3, 0.4) is 0 Å². The average Bonchev–Trinajstić information content (AvgIpc) is 3.07. The van der Waals surface area contributed by atoms with Crippen molar-refractivity contribution in [1.82, 2.24) is 0 Å². The maximum Gasteiger partial charge on any atom is 0.240 e. The van der Waals surface area contributed by atoms with Crippen LogP contribution in [0.1, 0.15) is 0 Å². The topological polar surface area (TPSA) is 56.3 Å². The number of allylic oxidation sites excluding steroid dienone is 4. The lowest BCUT2D eigenvalue weighted by Gasteiger charge is -1.94. The normalized spacial score (nSPS) is 17.4. The summed E-state index contributed by atoms with van der Waals surface area (Å²) in [6.07, 6.45) is 3.62. The van der Waals surface area contributed by atoms with Crippen molar-refractivity contribution in [3.05, 3.63) is 63.3 Å². The predicted molar refractivity (Wildman–Crippen MR) is 85.0 cm³/mol. The summed E-state index contributed by atoms with van der Waals surface area (Å²) in [7, 11) is 0. The Kier molecular flexibility index (Phi) is 4.90. The Balaban J connectivity index is 2.10. The fraction of sp³-hybridized carbons (Fsp3) is 0. The molecule has 0 aromatic heterocycles. The molecule has 94 valence electrons. The third-order valence-corrected chi connectivity index (χ3v) is 6.51. The van der Waals surface area contributed by atoms with Crippen LogP contribution in [0.5, 0.6) is 0 Å². The van der Waals surface area contributed by atoms with E-state index in [1.165, 1.54) is 47.0 Å². The number of nitrogens with zero attached hydrogens (tertiary/aromatic N) is 4. The second-order valence-corrected chi connectivity index (χ2v) is 7.78.